The third-order valence-electron chi connectivity index (χ3n) is 0.558. The van der Waals surface area contributed by atoms with Gasteiger partial charge in [0.05, 0.1) is 0 Å². The van der Waals surface area contributed by atoms with Crippen molar-refractivity contribution in [1.82, 2.24) is 6.15 Å². The molecule has 0 amide bonds. The molecular weight excluding hydrogens is 126 g/mol. The van der Waals surface area contributed by atoms with Crippen molar-refractivity contribution in [1.29, 1.82) is 0 Å². The minimum absolute atomic E-state index is 0. The van der Waals surface area contributed by atoms with E-state index < -0.39 is 0 Å². The van der Waals surface area contributed by atoms with E-state index in [-0.39, 0.29) is 6.15 Å². The molecule has 3 heteroatoms. The van der Waals surface area contributed by atoms with Crippen molar-refractivity contribution >= 4 is 0 Å². The van der Waals surface area contributed by atoms with Gasteiger partial charge in [0.25, 0.3) is 0 Å². The molecule has 0 atom stereocenters. The number of hydrogen-bond donors (Lipinski definition) is 3. The summed E-state index contributed by atoms with van der Waals surface area (Å²) in [6, 6.07) is 0.333. The van der Waals surface area contributed by atoms with Crippen LogP contribution in [0, 0.1) is 0 Å². The van der Waals surface area contributed by atoms with Crippen LogP contribution < -0.4 is 17.6 Å². The Morgan fingerprint density at radius 3 is 1.60 bits per heavy atom. The fourth-order valence-corrected chi connectivity index (χ4v) is 0.204. The van der Waals surface area contributed by atoms with Crippen molar-refractivity contribution in [3.63, 3.8) is 0 Å². The van der Waals surface area contributed by atoms with Crippen molar-refractivity contribution in [3.05, 3.63) is 0 Å². The SMILES string of the molecule is CC(C)N.CCCCN.N. The maximum Gasteiger partial charge on any atom is -0.00179 e. The van der Waals surface area contributed by atoms with Crippen LogP contribution in [0.5, 0.6) is 0 Å². The van der Waals surface area contributed by atoms with Gasteiger partial charge in [0.1, 0.15) is 0 Å². The highest BCUT2D eigenvalue weighted by Gasteiger charge is 1.68. The second kappa shape index (κ2) is 15.9. The van der Waals surface area contributed by atoms with Gasteiger partial charge in [0.2, 0.25) is 0 Å². The Morgan fingerprint density at radius 1 is 1.30 bits per heavy atom. The zero-order valence-electron chi connectivity index (χ0n) is 7.56. The zero-order chi connectivity index (χ0) is 7.70. The molecule has 0 aliphatic rings. The monoisotopic (exact) mass is 149 g/mol. The first kappa shape index (κ1) is 16.5. The summed E-state index contributed by atoms with van der Waals surface area (Å²) < 4.78 is 0. The van der Waals surface area contributed by atoms with E-state index in [4.69, 9.17) is 11.5 Å². The van der Waals surface area contributed by atoms with Gasteiger partial charge in [-0.15, -0.1) is 0 Å². The summed E-state index contributed by atoms with van der Waals surface area (Å²) in [5, 5.41) is 0. The lowest BCUT2D eigenvalue weighted by molar-refractivity contribution is 0.807. The fraction of sp³-hybridized carbons (Fsp3) is 1.00. The van der Waals surface area contributed by atoms with Gasteiger partial charge in [-0.2, -0.15) is 0 Å². The van der Waals surface area contributed by atoms with E-state index in [1.165, 1.54) is 12.8 Å². The normalized spacial score (nSPS) is 7.80. The maximum absolute atomic E-state index is 5.14. The summed E-state index contributed by atoms with van der Waals surface area (Å²) in [7, 11) is 0. The van der Waals surface area contributed by atoms with Gasteiger partial charge >= 0.3 is 0 Å². The van der Waals surface area contributed by atoms with Crippen molar-refractivity contribution in [3.8, 4) is 0 Å². The highest BCUT2D eigenvalue weighted by Crippen LogP contribution is 1.77. The van der Waals surface area contributed by atoms with Gasteiger partial charge < -0.3 is 17.6 Å². The summed E-state index contributed by atoms with van der Waals surface area (Å²) in [5.74, 6) is 0. The van der Waals surface area contributed by atoms with Crippen LogP contribution in [0.2, 0.25) is 0 Å². The lowest BCUT2D eigenvalue weighted by atomic mass is 10.3. The Hall–Kier alpha value is -0.120. The molecule has 0 rings (SSSR count). The van der Waals surface area contributed by atoms with Gasteiger partial charge in [0.15, 0.2) is 0 Å². The van der Waals surface area contributed by atoms with Gasteiger partial charge in [-0.1, -0.05) is 27.2 Å². The van der Waals surface area contributed by atoms with E-state index >= 15 is 0 Å². The van der Waals surface area contributed by atoms with E-state index in [9.17, 15) is 0 Å². The predicted molar refractivity (Wildman–Crippen MR) is 48.3 cm³/mol. The molecule has 0 bridgehead atoms. The summed E-state index contributed by atoms with van der Waals surface area (Å²) >= 11 is 0. The third kappa shape index (κ3) is 106. The summed E-state index contributed by atoms with van der Waals surface area (Å²) in [6.07, 6.45) is 2.39. The lowest BCUT2D eigenvalue weighted by Gasteiger charge is -1.81. The lowest BCUT2D eigenvalue weighted by Crippen LogP contribution is -2.06. The molecule has 7 N–H and O–H groups in total. The van der Waals surface area contributed by atoms with E-state index in [0.717, 1.165) is 6.54 Å². The number of unbranched alkanes of at least 4 members (excludes halogenated alkanes) is 1. The van der Waals surface area contributed by atoms with E-state index in [1.807, 2.05) is 13.8 Å². The molecule has 0 heterocycles. The number of nitrogens with two attached hydrogens (primary N) is 2. The summed E-state index contributed by atoms with van der Waals surface area (Å²) in [4.78, 5) is 0. The van der Waals surface area contributed by atoms with Crippen LogP contribution >= 0.6 is 0 Å². The Morgan fingerprint density at radius 2 is 1.60 bits per heavy atom. The van der Waals surface area contributed by atoms with Gasteiger partial charge in [-0.25, -0.2) is 0 Å². The third-order valence-corrected chi connectivity index (χ3v) is 0.558. The summed E-state index contributed by atoms with van der Waals surface area (Å²) in [5.41, 5.74) is 10.3. The van der Waals surface area contributed by atoms with Crippen molar-refractivity contribution in [2.24, 2.45) is 11.5 Å². The van der Waals surface area contributed by atoms with Crippen LogP contribution in [-0.2, 0) is 0 Å². The van der Waals surface area contributed by atoms with Crippen molar-refractivity contribution in [2.75, 3.05) is 6.54 Å². The van der Waals surface area contributed by atoms with E-state index in [0.29, 0.717) is 6.04 Å². The van der Waals surface area contributed by atoms with Crippen LogP contribution in [0.25, 0.3) is 0 Å². The molecular formula is C7H23N3. The molecule has 0 spiro atoms. The first-order valence-corrected chi connectivity index (χ1v) is 3.60. The highest BCUT2D eigenvalue weighted by molar-refractivity contribution is 4.32. The van der Waals surface area contributed by atoms with Gasteiger partial charge in [0, 0.05) is 0 Å². The number of rotatable bonds is 2. The summed E-state index contributed by atoms with van der Waals surface area (Å²) in [6.45, 7) is 6.86. The largest absolute Gasteiger partial charge is 0.344 e. The molecule has 0 aromatic heterocycles. The first-order chi connectivity index (χ1) is 4.15. The molecule has 0 saturated heterocycles. The second-order valence-electron chi connectivity index (χ2n) is 2.39. The topological polar surface area (TPSA) is 87.0 Å². The van der Waals surface area contributed by atoms with Crippen LogP contribution in [-0.4, -0.2) is 12.6 Å². The Balaban J connectivity index is -0.0000000910. The van der Waals surface area contributed by atoms with Crippen LogP contribution in [0.1, 0.15) is 33.6 Å². The molecule has 0 fully saturated rings. The van der Waals surface area contributed by atoms with E-state index in [1.54, 1.807) is 0 Å². The molecule has 3 nitrogen and oxygen atoms in total. The van der Waals surface area contributed by atoms with Crippen LogP contribution in [0.4, 0.5) is 0 Å². The molecule has 10 heavy (non-hydrogen) atoms. The maximum atomic E-state index is 5.14. The standard InChI is InChI=1S/C4H11N.C3H9N.H3N/c1-2-3-4-5;1-3(2)4;/h2-5H2,1H3;3H,4H2,1-2H3;1H3. The molecule has 0 saturated carbocycles. The van der Waals surface area contributed by atoms with Crippen LogP contribution in [0.3, 0.4) is 0 Å². The predicted octanol–water partition coefficient (Wildman–Crippen LogP) is 1.26. The van der Waals surface area contributed by atoms with Crippen molar-refractivity contribution < 1.29 is 0 Å². The molecule has 66 valence electrons. The molecule has 0 aliphatic heterocycles. The Labute approximate surface area is 64.8 Å². The minimum Gasteiger partial charge on any atom is -0.344 e. The van der Waals surface area contributed by atoms with Crippen LogP contribution in [0.15, 0.2) is 0 Å². The molecule has 0 aromatic rings. The van der Waals surface area contributed by atoms with E-state index in [2.05, 4.69) is 6.92 Å². The Kier molecular flexibility index (Phi) is 26.2. The molecule has 0 radical (unpaired) electrons. The smallest absolute Gasteiger partial charge is 0.00179 e. The second-order valence-corrected chi connectivity index (χ2v) is 2.39. The highest BCUT2D eigenvalue weighted by atomic mass is 14.6. The zero-order valence-corrected chi connectivity index (χ0v) is 7.56. The molecule has 0 aliphatic carbocycles. The fourth-order valence-electron chi connectivity index (χ4n) is 0.204. The quantitative estimate of drug-likeness (QED) is 0.552. The number of hydrogen-bond acceptors (Lipinski definition) is 3. The molecule has 0 unspecified atom stereocenters. The average Bonchev–Trinajstić information content (AvgIpc) is 1.66. The van der Waals surface area contributed by atoms with Crippen molar-refractivity contribution in [2.45, 2.75) is 39.7 Å². The molecule has 0 aromatic carbocycles. The van der Waals surface area contributed by atoms with Gasteiger partial charge in [-0.05, 0) is 19.0 Å². The average molecular weight is 149 g/mol. The Bertz CT molecular complexity index is 33.1. The van der Waals surface area contributed by atoms with Gasteiger partial charge in [-0.3, -0.25) is 0 Å². The first-order valence-electron chi connectivity index (χ1n) is 3.60. The minimum atomic E-state index is 0.